The highest BCUT2D eigenvalue weighted by Crippen LogP contribution is 2.35. The molecule has 1 aliphatic carbocycles. The van der Waals surface area contributed by atoms with Crippen molar-refractivity contribution >= 4 is 27.5 Å². The largest absolute Gasteiger partial charge is 0.486 e. The Morgan fingerprint density at radius 3 is 2.69 bits per heavy atom. The zero-order chi connectivity index (χ0) is 9.42. The molecule has 0 radical (unpaired) electrons. The van der Waals surface area contributed by atoms with Crippen molar-refractivity contribution in [2.75, 3.05) is 0 Å². The zero-order valence-electron chi connectivity index (χ0n) is 6.69. The minimum absolute atomic E-state index is 0.187. The molecular weight excluding hydrogens is 258 g/mol. The van der Waals surface area contributed by atoms with Gasteiger partial charge in [-0.25, -0.2) is 4.39 Å². The molecule has 70 valence electrons. The SMILES string of the molecule is Fc1cc(Cl)cc(Br)c1OC1CC1. The van der Waals surface area contributed by atoms with Crippen molar-refractivity contribution in [2.45, 2.75) is 18.9 Å². The molecule has 1 saturated carbocycles. The van der Waals surface area contributed by atoms with E-state index in [9.17, 15) is 4.39 Å². The first-order chi connectivity index (χ1) is 6.16. The molecule has 0 aliphatic heterocycles. The lowest BCUT2D eigenvalue weighted by Gasteiger charge is -2.07. The van der Waals surface area contributed by atoms with Crippen molar-refractivity contribution in [2.24, 2.45) is 0 Å². The van der Waals surface area contributed by atoms with Crippen LogP contribution in [0.15, 0.2) is 16.6 Å². The second-order valence-electron chi connectivity index (χ2n) is 3.02. The number of hydrogen-bond acceptors (Lipinski definition) is 1. The van der Waals surface area contributed by atoms with E-state index >= 15 is 0 Å². The van der Waals surface area contributed by atoms with Crippen LogP contribution in [0.2, 0.25) is 5.02 Å². The predicted molar refractivity (Wildman–Crippen MR) is 52.8 cm³/mol. The molecule has 13 heavy (non-hydrogen) atoms. The van der Waals surface area contributed by atoms with Gasteiger partial charge < -0.3 is 4.74 Å². The summed E-state index contributed by atoms with van der Waals surface area (Å²) >= 11 is 8.85. The Morgan fingerprint density at radius 2 is 2.15 bits per heavy atom. The van der Waals surface area contributed by atoms with Crippen LogP contribution < -0.4 is 4.74 Å². The Kier molecular flexibility index (Phi) is 2.47. The van der Waals surface area contributed by atoms with Gasteiger partial charge in [-0.05, 0) is 40.9 Å². The van der Waals surface area contributed by atoms with Gasteiger partial charge in [-0.1, -0.05) is 11.6 Å². The van der Waals surface area contributed by atoms with Gasteiger partial charge in [0.2, 0.25) is 0 Å². The summed E-state index contributed by atoms with van der Waals surface area (Å²) in [6.45, 7) is 0. The van der Waals surface area contributed by atoms with E-state index in [1.165, 1.54) is 6.07 Å². The first-order valence-electron chi connectivity index (χ1n) is 3.98. The number of benzene rings is 1. The summed E-state index contributed by atoms with van der Waals surface area (Å²) in [6.07, 6.45) is 2.20. The molecule has 0 spiro atoms. The van der Waals surface area contributed by atoms with E-state index in [1.807, 2.05) is 0 Å². The van der Waals surface area contributed by atoms with Crippen molar-refractivity contribution in [1.29, 1.82) is 0 Å². The van der Waals surface area contributed by atoms with E-state index in [1.54, 1.807) is 6.07 Å². The maximum Gasteiger partial charge on any atom is 0.169 e. The van der Waals surface area contributed by atoms with Crippen molar-refractivity contribution in [1.82, 2.24) is 0 Å². The summed E-state index contributed by atoms with van der Waals surface area (Å²) < 4.78 is 19.2. The van der Waals surface area contributed by atoms with E-state index < -0.39 is 5.82 Å². The Labute approximate surface area is 89.0 Å². The van der Waals surface area contributed by atoms with Gasteiger partial charge in [-0.15, -0.1) is 0 Å². The first kappa shape index (κ1) is 9.28. The monoisotopic (exact) mass is 264 g/mol. The van der Waals surface area contributed by atoms with Crippen molar-refractivity contribution in [3.63, 3.8) is 0 Å². The summed E-state index contributed by atoms with van der Waals surface area (Å²) in [5.41, 5.74) is 0. The van der Waals surface area contributed by atoms with Crippen LogP contribution in [0, 0.1) is 5.82 Å². The average molecular weight is 266 g/mol. The molecule has 4 heteroatoms. The van der Waals surface area contributed by atoms with Crippen LogP contribution in [0.5, 0.6) is 5.75 Å². The maximum absolute atomic E-state index is 13.3. The Balaban J connectivity index is 2.31. The lowest BCUT2D eigenvalue weighted by atomic mass is 10.3. The van der Waals surface area contributed by atoms with Crippen LogP contribution in [-0.4, -0.2) is 6.10 Å². The number of halogens is 3. The number of ether oxygens (including phenoxy) is 1. The van der Waals surface area contributed by atoms with Crippen LogP contribution in [0.1, 0.15) is 12.8 Å². The Morgan fingerprint density at radius 1 is 1.46 bits per heavy atom. The predicted octanol–water partition coefficient (Wildman–Crippen LogP) is 3.78. The number of hydrogen-bond donors (Lipinski definition) is 0. The summed E-state index contributed by atoms with van der Waals surface area (Å²) in [4.78, 5) is 0. The van der Waals surface area contributed by atoms with E-state index in [-0.39, 0.29) is 11.9 Å². The van der Waals surface area contributed by atoms with Crippen molar-refractivity contribution in [3.05, 3.63) is 27.4 Å². The van der Waals surface area contributed by atoms with Crippen molar-refractivity contribution < 1.29 is 9.13 Å². The van der Waals surface area contributed by atoms with Gasteiger partial charge >= 0.3 is 0 Å². The summed E-state index contributed by atoms with van der Waals surface area (Å²) in [5, 5.41) is 0.368. The maximum atomic E-state index is 13.3. The van der Waals surface area contributed by atoms with Crippen LogP contribution in [0.25, 0.3) is 0 Å². The fraction of sp³-hybridized carbons (Fsp3) is 0.333. The van der Waals surface area contributed by atoms with E-state index in [0.29, 0.717) is 9.50 Å². The standard InChI is InChI=1S/C9H7BrClFO/c10-7-3-5(11)4-8(12)9(7)13-6-1-2-6/h3-4,6H,1-2H2. The smallest absolute Gasteiger partial charge is 0.169 e. The first-order valence-corrected chi connectivity index (χ1v) is 5.15. The molecule has 1 aliphatic rings. The van der Waals surface area contributed by atoms with Crippen LogP contribution in [0.3, 0.4) is 0 Å². The molecule has 0 unspecified atom stereocenters. The molecule has 0 saturated heterocycles. The molecule has 1 aromatic rings. The summed E-state index contributed by atoms with van der Waals surface area (Å²) in [6, 6.07) is 2.88. The fourth-order valence-corrected chi connectivity index (χ4v) is 1.86. The highest BCUT2D eigenvalue weighted by atomic mass is 79.9. The van der Waals surface area contributed by atoms with Crippen molar-refractivity contribution in [3.8, 4) is 5.75 Å². The van der Waals surface area contributed by atoms with Crippen LogP contribution in [0.4, 0.5) is 4.39 Å². The van der Waals surface area contributed by atoms with Gasteiger partial charge in [0.1, 0.15) is 0 Å². The third-order valence-corrected chi connectivity index (χ3v) is 2.58. The molecule has 0 aromatic heterocycles. The van der Waals surface area contributed by atoms with E-state index in [0.717, 1.165) is 12.8 Å². The third kappa shape index (κ3) is 2.15. The molecule has 1 nitrogen and oxygen atoms in total. The summed E-state index contributed by atoms with van der Waals surface area (Å²) in [5.74, 6) is -0.141. The molecule has 1 aromatic carbocycles. The summed E-state index contributed by atoms with van der Waals surface area (Å²) in [7, 11) is 0. The fourth-order valence-electron chi connectivity index (χ4n) is 0.994. The van der Waals surface area contributed by atoms with Gasteiger partial charge in [-0.3, -0.25) is 0 Å². The van der Waals surface area contributed by atoms with E-state index in [2.05, 4.69) is 15.9 Å². The van der Waals surface area contributed by atoms with Gasteiger partial charge in [0.25, 0.3) is 0 Å². The molecule has 0 N–H and O–H groups in total. The highest BCUT2D eigenvalue weighted by molar-refractivity contribution is 9.10. The van der Waals surface area contributed by atoms with Gasteiger partial charge in [0, 0.05) is 5.02 Å². The topological polar surface area (TPSA) is 9.23 Å². The Hall–Kier alpha value is -0.280. The zero-order valence-corrected chi connectivity index (χ0v) is 9.03. The van der Waals surface area contributed by atoms with Gasteiger partial charge in [-0.2, -0.15) is 0 Å². The third-order valence-electron chi connectivity index (χ3n) is 1.77. The highest BCUT2D eigenvalue weighted by Gasteiger charge is 2.26. The molecular formula is C9H7BrClFO. The molecule has 1 fully saturated rings. The van der Waals surface area contributed by atoms with Crippen LogP contribution in [-0.2, 0) is 0 Å². The second kappa shape index (κ2) is 3.46. The average Bonchev–Trinajstić information content (AvgIpc) is 2.79. The molecule has 0 amide bonds. The minimum atomic E-state index is -0.411. The van der Waals surface area contributed by atoms with E-state index in [4.69, 9.17) is 16.3 Å². The second-order valence-corrected chi connectivity index (χ2v) is 4.31. The number of rotatable bonds is 2. The Bertz CT molecular complexity index is 315. The van der Waals surface area contributed by atoms with Gasteiger partial charge in [0.15, 0.2) is 11.6 Å². The molecule has 0 atom stereocenters. The molecule has 0 bridgehead atoms. The normalized spacial score (nSPS) is 15.9. The minimum Gasteiger partial charge on any atom is -0.486 e. The quantitative estimate of drug-likeness (QED) is 0.791. The van der Waals surface area contributed by atoms with Crippen LogP contribution >= 0.6 is 27.5 Å². The molecule has 0 heterocycles. The lowest BCUT2D eigenvalue weighted by molar-refractivity contribution is 0.285. The van der Waals surface area contributed by atoms with Gasteiger partial charge in [0.05, 0.1) is 10.6 Å². The molecule has 2 rings (SSSR count). The lowest BCUT2D eigenvalue weighted by Crippen LogP contribution is -1.99.